The predicted octanol–water partition coefficient (Wildman–Crippen LogP) is 3.51. The molecule has 0 saturated carbocycles. The summed E-state index contributed by atoms with van der Waals surface area (Å²) >= 11 is 0. The third-order valence-corrected chi connectivity index (χ3v) is 7.84. The quantitative estimate of drug-likeness (QED) is 0.210. The standard InChI is InChI=1S/C32H33N5O6/c1-33-29-26-30(35-18-34-29)37(19-36-26)31-28(39)27(38)25(43-31)17-42-32(20-7-5-4-6-8-20,21-9-13-23(40-2)14-10-21)22-11-15-24(41-3)16-12-22/h4-16,18-19,25,27-28,31,38-39H,17H2,1-3H3,(H,33,34,35)/t25-,27-,28-,31-/m1/s1. The SMILES string of the molecule is CNc1ncnc2c1ncn2[C@@H]1O[C@H](COC(c2ccccc2)(c2ccc(OC)cc2)c2ccc(OC)cc2)[C@@H](O)[C@H]1O. The zero-order chi connectivity index (χ0) is 30.0. The molecular weight excluding hydrogens is 550 g/mol. The molecule has 3 heterocycles. The normalized spacial score (nSPS) is 20.3. The predicted molar refractivity (Wildman–Crippen MR) is 159 cm³/mol. The molecule has 1 fully saturated rings. The Hall–Kier alpha value is -4.55. The highest BCUT2D eigenvalue weighted by molar-refractivity contribution is 5.82. The van der Waals surface area contributed by atoms with Crippen LogP contribution in [0.1, 0.15) is 22.9 Å². The largest absolute Gasteiger partial charge is 0.497 e. The number of ether oxygens (including phenoxy) is 4. The van der Waals surface area contributed by atoms with E-state index in [0.717, 1.165) is 16.7 Å². The molecule has 3 aromatic carbocycles. The fraction of sp³-hybridized carbons (Fsp3) is 0.281. The van der Waals surface area contributed by atoms with Gasteiger partial charge in [-0.2, -0.15) is 0 Å². The van der Waals surface area contributed by atoms with E-state index in [0.29, 0.717) is 28.5 Å². The number of hydrogen-bond donors (Lipinski definition) is 3. The molecule has 6 rings (SSSR count). The number of aliphatic hydroxyl groups is 2. The molecule has 11 nitrogen and oxygen atoms in total. The van der Waals surface area contributed by atoms with Gasteiger partial charge in [0.05, 0.1) is 27.2 Å². The van der Waals surface area contributed by atoms with E-state index < -0.39 is 30.1 Å². The third-order valence-electron chi connectivity index (χ3n) is 7.84. The van der Waals surface area contributed by atoms with Gasteiger partial charge in [0.1, 0.15) is 47.3 Å². The summed E-state index contributed by atoms with van der Waals surface area (Å²) in [6.45, 7) is -0.0505. The lowest BCUT2D eigenvalue weighted by atomic mass is 9.80. The molecule has 4 atom stereocenters. The maximum Gasteiger partial charge on any atom is 0.167 e. The Bertz CT molecular complexity index is 1610. The Morgan fingerprint density at radius 1 is 0.814 bits per heavy atom. The molecule has 222 valence electrons. The average molecular weight is 584 g/mol. The summed E-state index contributed by atoms with van der Waals surface area (Å²) in [7, 11) is 4.98. The van der Waals surface area contributed by atoms with Gasteiger partial charge in [0, 0.05) is 7.05 Å². The minimum Gasteiger partial charge on any atom is -0.497 e. The van der Waals surface area contributed by atoms with Gasteiger partial charge in [-0.15, -0.1) is 0 Å². The van der Waals surface area contributed by atoms with Crippen LogP contribution in [0, 0.1) is 0 Å². The van der Waals surface area contributed by atoms with Gasteiger partial charge in [-0.3, -0.25) is 4.57 Å². The lowest BCUT2D eigenvalue weighted by Gasteiger charge is -2.37. The highest BCUT2D eigenvalue weighted by Gasteiger charge is 2.47. The number of aromatic nitrogens is 4. The maximum atomic E-state index is 11.2. The molecular formula is C32H33N5O6. The first-order valence-corrected chi connectivity index (χ1v) is 13.9. The van der Waals surface area contributed by atoms with Gasteiger partial charge in [-0.05, 0) is 41.0 Å². The van der Waals surface area contributed by atoms with Crippen LogP contribution in [0.25, 0.3) is 11.2 Å². The number of fused-ring (bicyclic) bond motifs is 1. The van der Waals surface area contributed by atoms with Crippen LogP contribution in [0.4, 0.5) is 5.82 Å². The Morgan fingerprint density at radius 3 is 2.00 bits per heavy atom. The number of anilines is 1. The second-order valence-corrected chi connectivity index (χ2v) is 10.2. The minimum absolute atomic E-state index is 0.0505. The maximum absolute atomic E-state index is 11.2. The van der Waals surface area contributed by atoms with Crippen molar-refractivity contribution in [2.75, 3.05) is 33.2 Å². The first-order valence-electron chi connectivity index (χ1n) is 13.9. The van der Waals surface area contributed by atoms with Gasteiger partial charge in [0.25, 0.3) is 0 Å². The van der Waals surface area contributed by atoms with Crippen molar-refractivity contribution in [3.05, 3.63) is 108 Å². The zero-order valence-electron chi connectivity index (χ0n) is 24.0. The van der Waals surface area contributed by atoms with Crippen LogP contribution in [-0.2, 0) is 15.1 Å². The fourth-order valence-corrected chi connectivity index (χ4v) is 5.60. The first kappa shape index (κ1) is 28.6. The highest BCUT2D eigenvalue weighted by Crippen LogP contribution is 2.43. The summed E-state index contributed by atoms with van der Waals surface area (Å²) < 4.78 is 25.6. The number of hydrogen-bond acceptors (Lipinski definition) is 10. The molecule has 5 aromatic rings. The van der Waals surface area contributed by atoms with Crippen LogP contribution in [0.3, 0.4) is 0 Å². The molecule has 1 saturated heterocycles. The first-order chi connectivity index (χ1) is 21.0. The molecule has 1 aliphatic rings. The number of nitrogens with zero attached hydrogens (tertiary/aromatic N) is 4. The van der Waals surface area contributed by atoms with Crippen LogP contribution in [0.2, 0.25) is 0 Å². The van der Waals surface area contributed by atoms with Gasteiger partial charge < -0.3 is 34.5 Å². The molecule has 11 heteroatoms. The van der Waals surface area contributed by atoms with Crippen molar-refractivity contribution in [1.29, 1.82) is 0 Å². The van der Waals surface area contributed by atoms with Crippen molar-refractivity contribution >= 4 is 17.0 Å². The summed E-state index contributed by atoms with van der Waals surface area (Å²) in [4.78, 5) is 12.9. The van der Waals surface area contributed by atoms with Gasteiger partial charge in [-0.25, -0.2) is 15.0 Å². The topological polar surface area (TPSA) is 133 Å². The summed E-state index contributed by atoms with van der Waals surface area (Å²) in [5.74, 6) is 1.96. The molecule has 2 aromatic heterocycles. The van der Waals surface area contributed by atoms with E-state index in [9.17, 15) is 10.2 Å². The number of imidazole rings is 1. The van der Waals surface area contributed by atoms with E-state index in [4.69, 9.17) is 18.9 Å². The number of nitrogens with one attached hydrogen (secondary N) is 1. The number of aliphatic hydroxyl groups excluding tert-OH is 2. The van der Waals surface area contributed by atoms with E-state index in [1.807, 2.05) is 78.9 Å². The van der Waals surface area contributed by atoms with E-state index >= 15 is 0 Å². The summed E-state index contributed by atoms with van der Waals surface area (Å²) in [6, 6.07) is 25.2. The number of methoxy groups -OCH3 is 2. The van der Waals surface area contributed by atoms with Gasteiger partial charge in [0.15, 0.2) is 17.7 Å². The van der Waals surface area contributed by atoms with Crippen molar-refractivity contribution in [1.82, 2.24) is 19.5 Å². The van der Waals surface area contributed by atoms with Gasteiger partial charge >= 0.3 is 0 Å². The lowest BCUT2D eigenvalue weighted by molar-refractivity contribution is -0.0942. The van der Waals surface area contributed by atoms with Crippen molar-refractivity contribution < 1.29 is 29.2 Å². The summed E-state index contributed by atoms with van der Waals surface area (Å²) in [6.07, 6.45) is -1.39. The van der Waals surface area contributed by atoms with Crippen molar-refractivity contribution in [2.45, 2.75) is 30.1 Å². The van der Waals surface area contributed by atoms with E-state index in [-0.39, 0.29) is 6.61 Å². The molecule has 0 spiro atoms. The Morgan fingerprint density at radius 2 is 1.42 bits per heavy atom. The van der Waals surface area contributed by atoms with Crippen LogP contribution >= 0.6 is 0 Å². The second kappa shape index (κ2) is 12.0. The van der Waals surface area contributed by atoms with Crippen molar-refractivity contribution in [3.63, 3.8) is 0 Å². The number of rotatable bonds is 10. The summed E-state index contributed by atoms with van der Waals surface area (Å²) in [5, 5.41) is 25.3. The van der Waals surface area contributed by atoms with E-state index in [1.165, 1.54) is 12.7 Å². The molecule has 0 unspecified atom stereocenters. The fourth-order valence-electron chi connectivity index (χ4n) is 5.60. The van der Waals surface area contributed by atoms with Gasteiger partial charge in [-0.1, -0.05) is 54.6 Å². The highest BCUT2D eigenvalue weighted by atomic mass is 16.6. The molecule has 3 N–H and O–H groups in total. The Kier molecular flexibility index (Phi) is 7.96. The number of benzene rings is 3. The van der Waals surface area contributed by atoms with Crippen LogP contribution < -0.4 is 14.8 Å². The Labute approximate surface area is 248 Å². The van der Waals surface area contributed by atoms with Crippen LogP contribution in [-0.4, -0.2) is 75.9 Å². The molecule has 0 amide bonds. The van der Waals surface area contributed by atoms with Crippen LogP contribution in [0.15, 0.2) is 91.5 Å². The van der Waals surface area contributed by atoms with Crippen LogP contribution in [0.5, 0.6) is 11.5 Å². The Balaban J connectivity index is 1.38. The summed E-state index contributed by atoms with van der Waals surface area (Å²) in [5.41, 5.74) is 2.43. The molecule has 0 aliphatic carbocycles. The van der Waals surface area contributed by atoms with E-state index in [2.05, 4.69) is 20.3 Å². The lowest BCUT2D eigenvalue weighted by Crippen LogP contribution is -2.39. The minimum atomic E-state index is -1.26. The molecule has 1 aliphatic heterocycles. The second-order valence-electron chi connectivity index (χ2n) is 10.2. The zero-order valence-corrected chi connectivity index (χ0v) is 24.0. The van der Waals surface area contributed by atoms with Crippen molar-refractivity contribution in [2.24, 2.45) is 0 Å². The average Bonchev–Trinajstić information content (AvgIpc) is 3.62. The van der Waals surface area contributed by atoms with E-state index in [1.54, 1.807) is 25.8 Å². The molecule has 0 bridgehead atoms. The molecule has 0 radical (unpaired) electrons. The van der Waals surface area contributed by atoms with Crippen molar-refractivity contribution in [3.8, 4) is 11.5 Å². The van der Waals surface area contributed by atoms with Gasteiger partial charge in [0.2, 0.25) is 0 Å². The molecule has 43 heavy (non-hydrogen) atoms. The third kappa shape index (κ3) is 5.06. The monoisotopic (exact) mass is 583 g/mol. The smallest absolute Gasteiger partial charge is 0.167 e.